The lowest BCUT2D eigenvalue weighted by Gasteiger charge is -2.01. The highest BCUT2D eigenvalue weighted by Crippen LogP contribution is 2.01. The van der Waals surface area contributed by atoms with Crippen LogP contribution in [-0.4, -0.2) is 39.3 Å². The number of rotatable bonds is 4. The van der Waals surface area contributed by atoms with Crippen LogP contribution in [0.1, 0.15) is 0 Å². The van der Waals surface area contributed by atoms with Gasteiger partial charge in [0, 0.05) is 13.7 Å². The maximum Gasteiger partial charge on any atom is 0.0850 e. The van der Waals surface area contributed by atoms with Crippen LogP contribution < -0.4 is 0 Å². The first kappa shape index (κ1) is 10.9. The van der Waals surface area contributed by atoms with Gasteiger partial charge in [-0.2, -0.15) is 0 Å². The molecule has 0 amide bonds. The van der Waals surface area contributed by atoms with Crippen molar-refractivity contribution in [2.75, 3.05) is 34.4 Å². The van der Waals surface area contributed by atoms with Crippen molar-refractivity contribution in [2.24, 2.45) is 0 Å². The molecule has 0 radical (unpaired) electrons. The van der Waals surface area contributed by atoms with Crippen molar-refractivity contribution >= 4 is 15.9 Å². The van der Waals surface area contributed by atoms with Crippen LogP contribution in [0.5, 0.6) is 0 Å². The lowest BCUT2D eigenvalue weighted by atomic mass is 10.5. The number of nitrogens with zero attached hydrogens (tertiary/aromatic N) is 1. The standard InChI is InChI=1S/C8H14BrNO/c1-10(2)6-4-5-8(9)7-11-3/h4H,6-7H2,1-3H3. The molecule has 0 aliphatic rings. The van der Waals surface area contributed by atoms with Gasteiger partial charge in [0.15, 0.2) is 0 Å². The van der Waals surface area contributed by atoms with Crippen LogP contribution in [0.4, 0.5) is 0 Å². The molecule has 0 bridgehead atoms. The molecule has 0 aromatic heterocycles. The number of hydrogen-bond donors (Lipinski definition) is 0. The summed E-state index contributed by atoms with van der Waals surface area (Å²) in [5, 5.41) is 0. The lowest BCUT2D eigenvalue weighted by molar-refractivity contribution is 0.232. The Balaban J connectivity index is 3.75. The minimum absolute atomic E-state index is 0.587. The molecule has 0 unspecified atom stereocenters. The molecule has 0 atom stereocenters. The molecule has 11 heavy (non-hydrogen) atoms. The van der Waals surface area contributed by atoms with Crippen LogP contribution in [0.25, 0.3) is 0 Å². The molecule has 3 heteroatoms. The minimum Gasteiger partial charge on any atom is -0.379 e. The molecule has 0 aliphatic carbocycles. The second-order valence-electron chi connectivity index (χ2n) is 2.45. The van der Waals surface area contributed by atoms with Crippen molar-refractivity contribution in [3.63, 3.8) is 0 Å². The van der Waals surface area contributed by atoms with E-state index in [1.165, 1.54) is 0 Å². The highest BCUT2D eigenvalue weighted by Gasteiger charge is 1.85. The van der Waals surface area contributed by atoms with Crippen LogP contribution in [0, 0.1) is 0 Å². The fourth-order valence-electron chi connectivity index (χ4n) is 0.507. The van der Waals surface area contributed by atoms with Crippen molar-refractivity contribution < 1.29 is 4.74 Å². The Kier molecular flexibility index (Phi) is 6.57. The Morgan fingerprint density at radius 2 is 2.27 bits per heavy atom. The molecular formula is C8H14BrNO. The predicted octanol–water partition coefficient (Wildman–Crippen LogP) is 1.63. The number of hydrogen-bond acceptors (Lipinski definition) is 2. The molecule has 0 heterocycles. The Labute approximate surface area is 76.7 Å². The van der Waals surface area contributed by atoms with Gasteiger partial charge in [-0.3, -0.25) is 0 Å². The summed E-state index contributed by atoms with van der Waals surface area (Å²) >= 11 is 3.32. The van der Waals surface area contributed by atoms with E-state index in [-0.39, 0.29) is 0 Å². The first-order valence-corrected chi connectivity index (χ1v) is 4.19. The van der Waals surface area contributed by atoms with Gasteiger partial charge in [-0.15, -0.1) is 5.73 Å². The van der Waals surface area contributed by atoms with Crippen LogP contribution in [0.15, 0.2) is 16.3 Å². The van der Waals surface area contributed by atoms with Crippen molar-refractivity contribution in [1.29, 1.82) is 0 Å². The Hall–Kier alpha value is -0.0800. The summed E-state index contributed by atoms with van der Waals surface area (Å²) in [4.78, 5) is 2.07. The van der Waals surface area contributed by atoms with Crippen LogP contribution in [0.3, 0.4) is 0 Å². The predicted molar refractivity (Wildman–Crippen MR) is 51.0 cm³/mol. The van der Waals surface area contributed by atoms with Gasteiger partial charge >= 0.3 is 0 Å². The first-order chi connectivity index (χ1) is 5.16. The summed E-state index contributed by atoms with van der Waals surface area (Å²) in [6.07, 6.45) is 1.96. The summed E-state index contributed by atoms with van der Waals surface area (Å²) in [6.45, 7) is 1.49. The molecule has 0 rings (SSSR count). The van der Waals surface area contributed by atoms with E-state index in [0.29, 0.717) is 6.61 Å². The van der Waals surface area contributed by atoms with Gasteiger partial charge in [0.2, 0.25) is 0 Å². The first-order valence-electron chi connectivity index (χ1n) is 3.40. The Bertz CT molecular complexity index is 159. The fraction of sp³-hybridized carbons (Fsp3) is 0.625. The van der Waals surface area contributed by atoms with Crippen LogP contribution >= 0.6 is 15.9 Å². The van der Waals surface area contributed by atoms with Crippen molar-refractivity contribution in [3.8, 4) is 0 Å². The van der Waals surface area contributed by atoms with Gasteiger partial charge in [-0.1, -0.05) is 0 Å². The van der Waals surface area contributed by atoms with Crippen molar-refractivity contribution in [3.05, 3.63) is 16.3 Å². The molecule has 0 aromatic rings. The topological polar surface area (TPSA) is 12.5 Å². The van der Waals surface area contributed by atoms with Gasteiger partial charge in [0.1, 0.15) is 0 Å². The van der Waals surface area contributed by atoms with Crippen LogP contribution in [0.2, 0.25) is 0 Å². The molecule has 0 spiro atoms. The molecule has 64 valence electrons. The SMILES string of the molecule is COCC(Br)=C=CCN(C)C. The maximum atomic E-state index is 4.88. The molecule has 0 saturated heterocycles. The van der Waals surface area contributed by atoms with E-state index in [1.807, 2.05) is 20.2 Å². The third kappa shape index (κ3) is 7.82. The van der Waals surface area contributed by atoms with Crippen molar-refractivity contribution in [2.45, 2.75) is 0 Å². The molecular weight excluding hydrogens is 206 g/mol. The third-order valence-corrected chi connectivity index (χ3v) is 1.44. The van der Waals surface area contributed by atoms with Gasteiger partial charge < -0.3 is 9.64 Å². The molecule has 0 aliphatic heterocycles. The van der Waals surface area contributed by atoms with Gasteiger partial charge in [0.25, 0.3) is 0 Å². The smallest absolute Gasteiger partial charge is 0.0850 e. The normalized spacial score (nSPS) is 9.55. The zero-order valence-electron chi connectivity index (χ0n) is 7.22. The van der Waals surface area contributed by atoms with E-state index in [2.05, 4.69) is 26.6 Å². The highest BCUT2D eigenvalue weighted by molar-refractivity contribution is 9.11. The van der Waals surface area contributed by atoms with Crippen LogP contribution in [-0.2, 0) is 4.74 Å². The zero-order chi connectivity index (χ0) is 8.69. The van der Waals surface area contributed by atoms with E-state index < -0.39 is 0 Å². The van der Waals surface area contributed by atoms with Gasteiger partial charge in [-0.05, 0) is 36.1 Å². The number of methoxy groups -OCH3 is 1. The van der Waals surface area contributed by atoms with E-state index >= 15 is 0 Å². The quantitative estimate of drug-likeness (QED) is 0.667. The molecule has 0 saturated carbocycles. The second-order valence-corrected chi connectivity index (χ2v) is 3.41. The number of likely N-dealkylation sites (N-methyl/N-ethyl adjacent to an activating group) is 1. The van der Waals surface area contributed by atoms with E-state index in [9.17, 15) is 0 Å². The Morgan fingerprint density at radius 1 is 1.64 bits per heavy atom. The summed E-state index contributed by atoms with van der Waals surface area (Å²) in [7, 11) is 5.69. The number of halogens is 1. The zero-order valence-corrected chi connectivity index (χ0v) is 8.81. The Morgan fingerprint density at radius 3 is 2.73 bits per heavy atom. The fourth-order valence-corrected chi connectivity index (χ4v) is 0.898. The second kappa shape index (κ2) is 6.62. The average Bonchev–Trinajstić information content (AvgIpc) is 1.87. The summed E-state index contributed by atoms with van der Waals surface area (Å²) in [5.41, 5.74) is 3.06. The van der Waals surface area contributed by atoms with E-state index in [4.69, 9.17) is 4.74 Å². The molecule has 0 fully saturated rings. The van der Waals surface area contributed by atoms with Crippen molar-refractivity contribution in [1.82, 2.24) is 4.90 Å². The lowest BCUT2D eigenvalue weighted by Crippen LogP contribution is -2.10. The minimum atomic E-state index is 0.587. The molecule has 0 N–H and O–H groups in total. The average molecular weight is 220 g/mol. The maximum absolute atomic E-state index is 4.88. The summed E-state index contributed by atoms with van der Waals surface area (Å²) < 4.78 is 5.83. The van der Waals surface area contributed by atoms with E-state index in [0.717, 1.165) is 11.0 Å². The summed E-state index contributed by atoms with van der Waals surface area (Å²) in [5.74, 6) is 0. The van der Waals surface area contributed by atoms with E-state index in [1.54, 1.807) is 7.11 Å². The summed E-state index contributed by atoms with van der Waals surface area (Å²) in [6, 6.07) is 0. The number of ether oxygens (including phenoxy) is 1. The highest BCUT2D eigenvalue weighted by atomic mass is 79.9. The van der Waals surface area contributed by atoms with Gasteiger partial charge in [-0.25, -0.2) is 0 Å². The molecule has 0 aromatic carbocycles. The third-order valence-electron chi connectivity index (χ3n) is 0.986. The molecule has 2 nitrogen and oxygen atoms in total. The monoisotopic (exact) mass is 219 g/mol. The largest absolute Gasteiger partial charge is 0.379 e. The van der Waals surface area contributed by atoms with Gasteiger partial charge in [0.05, 0.1) is 11.1 Å².